The Morgan fingerprint density at radius 1 is 1.47 bits per heavy atom. The van der Waals surface area contributed by atoms with Gasteiger partial charge in [0, 0.05) is 7.11 Å². The number of carbonyl (C=O) groups is 2. The molecule has 0 aliphatic heterocycles. The number of hydrogen-bond acceptors (Lipinski definition) is 6. The van der Waals surface area contributed by atoms with E-state index >= 15 is 0 Å². The quantitative estimate of drug-likeness (QED) is 0.666. The number of alkyl halides is 3. The summed E-state index contributed by atoms with van der Waals surface area (Å²) in [6, 6.07) is 0. The van der Waals surface area contributed by atoms with Crippen molar-refractivity contribution >= 4 is 40.6 Å². The van der Waals surface area contributed by atoms with Gasteiger partial charge < -0.3 is 10.1 Å². The lowest BCUT2D eigenvalue weighted by molar-refractivity contribution is -0.167. The normalized spacial score (nSPS) is 11.4. The molecule has 0 aromatic carbocycles. The molecule has 1 N–H and O–H groups in total. The van der Waals surface area contributed by atoms with Gasteiger partial charge in [-0.3, -0.25) is 9.59 Å². The fourth-order valence-electron chi connectivity index (χ4n) is 1.04. The van der Waals surface area contributed by atoms with Crippen molar-refractivity contribution in [1.82, 2.24) is 4.98 Å². The van der Waals surface area contributed by atoms with Crippen molar-refractivity contribution in [2.45, 2.75) is 10.5 Å². The Hall–Kier alpha value is -1.13. The van der Waals surface area contributed by atoms with E-state index in [0.29, 0.717) is 4.34 Å². The number of nitrogens with one attached hydrogen (secondary N) is 1. The molecule has 0 unspecified atom stereocenters. The largest absolute Gasteiger partial charge is 0.471 e. The molecule has 1 heterocycles. The van der Waals surface area contributed by atoms with E-state index in [1.807, 2.05) is 0 Å². The number of thiazole rings is 1. The molecule has 1 aromatic rings. The van der Waals surface area contributed by atoms with Crippen LogP contribution >= 0.6 is 23.1 Å². The third-order valence-electron chi connectivity index (χ3n) is 1.80. The molecule has 0 fully saturated rings. The molecule has 1 rings (SSSR count). The minimum absolute atomic E-state index is 0.0659. The van der Waals surface area contributed by atoms with Crippen LogP contribution < -0.4 is 5.32 Å². The van der Waals surface area contributed by atoms with E-state index in [9.17, 15) is 22.8 Å². The first kappa shape index (κ1) is 15.9. The summed E-state index contributed by atoms with van der Waals surface area (Å²) in [5, 5.41) is 1.59. The summed E-state index contributed by atoms with van der Waals surface area (Å²) in [5.41, 5.74) is 0. The van der Waals surface area contributed by atoms with E-state index in [1.54, 1.807) is 11.6 Å². The van der Waals surface area contributed by atoms with Crippen LogP contribution in [-0.4, -0.2) is 42.8 Å². The average Bonchev–Trinajstić information content (AvgIpc) is 2.71. The minimum atomic E-state index is -5.04. The van der Waals surface area contributed by atoms with Crippen LogP contribution in [0.15, 0.2) is 4.34 Å². The first-order valence-electron chi connectivity index (χ1n) is 4.74. The SMILES string of the molecule is COCC(=O)c1sc(SC)nc1NC(=O)C(F)(F)F. The molecule has 0 atom stereocenters. The van der Waals surface area contributed by atoms with Crippen LogP contribution in [0.5, 0.6) is 0 Å². The van der Waals surface area contributed by atoms with Crippen molar-refractivity contribution in [3.8, 4) is 0 Å². The highest BCUT2D eigenvalue weighted by Gasteiger charge is 2.39. The molecule has 0 aliphatic carbocycles. The van der Waals surface area contributed by atoms with Crippen molar-refractivity contribution in [3.63, 3.8) is 0 Å². The summed E-state index contributed by atoms with van der Waals surface area (Å²) in [7, 11) is 1.28. The van der Waals surface area contributed by atoms with Crippen LogP contribution in [0.25, 0.3) is 0 Å². The van der Waals surface area contributed by atoms with Crippen LogP contribution in [0.2, 0.25) is 0 Å². The summed E-state index contributed by atoms with van der Waals surface area (Å²) >= 11 is 2.06. The van der Waals surface area contributed by atoms with E-state index in [2.05, 4.69) is 9.72 Å². The van der Waals surface area contributed by atoms with Gasteiger partial charge in [-0.1, -0.05) is 11.8 Å². The number of anilines is 1. The fraction of sp³-hybridized carbons (Fsp3) is 0.444. The topological polar surface area (TPSA) is 68.3 Å². The summed E-state index contributed by atoms with van der Waals surface area (Å²) in [4.78, 5) is 26.2. The number of thioether (sulfide) groups is 1. The summed E-state index contributed by atoms with van der Waals surface area (Å²) in [6.45, 7) is -0.301. The number of ketones is 1. The van der Waals surface area contributed by atoms with Gasteiger partial charge in [0.15, 0.2) is 10.2 Å². The van der Waals surface area contributed by atoms with Crippen molar-refractivity contribution in [2.24, 2.45) is 0 Å². The first-order valence-corrected chi connectivity index (χ1v) is 6.78. The number of halogens is 3. The zero-order valence-electron chi connectivity index (χ0n) is 9.83. The molecule has 0 saturated heterocycles. The van der Waals surface area contributed by atoms with Gasteiger partial charge in [-0.25, -0.2) is 4.98 Å². The highest BCUT2D eigenvalue weighted by Crippen LogP contribution is 2.30. The van der Waals surface area contributed by atoms with Crippen LogP contribution in [-0.2, 0) is 9.53 Å². The maximum Gasteiger partial charge on any atom is 0.471 e. The van der Waals surface area contributed by atoms with Gasteiger partial charge in [0.05, 0.1) is 0 Å². The monoisotopic (exact) mass is 314 g/mol. The van der Waals surface area contributed by atoms with Crippen LogP contribution in [0.4, 0.5) is 19.0 Å². The number of Topliss-reactive ketones (excluding diaryl/α,β-unsaturated/α-hetero) is 1. The van der Waals surface area contributed by atoms with Crippen LogP contribution in [0.1, 0.15) is 9.67 Å². The molecule has 5 nitrogen and oxygen atoms in total. The lowest BCUT2D eigenvalue weighted by atomic mass is 10.3. The number of methoxy groups -OCH3 is 1. The lowest BCUT2D eigenvalue weighted by Gasteiger charge is -2.06. The molecule has 0 spiro atoms. The molecule has 0 aliphatic rings. The van der Waals surface area contributed by atoms with E-state index in [-0.39, 0.29) is 11.5 Å². The molecule has 1 aromatic heterocycles. The minimum Gasteiger partial charge on any atom is -0.376 e. The molecule has 19 heavy (non-hydrogen) atoms. The van der Waals surface area contributed by atoms with Gasteiger partial charge >= 0.3 is 12.1 Å². The van der Waals surface area contributed by atoms with E-state index in [1.165, 1.54) is 7.11 Å². The maximum absolute atomic E-state index is 12.2. The molecule has 0 saturated carbocycles. The Balaban J connectivity index is 3.02. The highest BCUT2D eigenvalue weighted by molar-refractivity contribution is 8.00. The van der Waals surface area contributed by atoms with Crippen molar-refractivity contribution in [1.29, 1.82) is 0 Å². The smallest absolute Gasteiger partial charge is 0.376 e. The molecule has 10 heteroatoms. The summed E-state index contributed by atoms with van der Waals surface area (Å²) < 4.78 is 41.4. The van der Waals surface area contributed by atoms with Crippen molar-refractivity contribution in [3.05, 3.63) is 4.88 Å². The summed E-state index contributed by atoms with van der Waals surface area (Å²) in [6.07, 6.45) is -3.39. The van der Waals surface area contributed by atoms with Crippen molar-refractivity contribution in [2.75, 3.05) is 25.3 Å². The second-order valence-electron chi connectivity index (χ2n) is 3.17. The van der Waals surface area contributed by atoms with Gasteiger partial charge in [0.1, 0.15) is 11.5 Å². The number of nitrogens with zero attached hydrogens (tertiary/aromatic N) is 1. The first-order chi connectivity index (χ1) is 8.79. The molecule has 1 amide bonds. The van der Waals surface area contributed by atoms with Gasteiger partial charge in [-0.2, -0.15) is 13.2 Å². The lowest BCUT2D eigenvalue weighted by Crippen LogP contribution is -2.30. The Labute approximate surface area is 114 Å². The second kappa shape index (κ2) is 6.35. The van der Waals surface area contributed by atoms with Crippen LogP contribution in [0, 0.1) is 0 Å². The number of ether oxygens (including phenoxy) is 1. The van der Waals surface area contributed by atoms with Gasteiger partial charge in [0.25, 0.3) is 0 Å². The predicted octanol–water partition coefficient (Wildman–Crippen LogP) is 2.19. The Bertz CT molecular complexity index is 488. The number of carbonyl (C=O) groups excluding carboxylic acids is 2. The standard InChI is InChI=1S/C9H9F3N2O3S2/c1-17-3-4(15)5-6(14-8(18-2)19-5)13-7(16)9(10,11)12/h3H2,1-2H3,(H,13,16). The van der Waals surface area contributed by atoms with Crippen LogP contribution in [0.3, 0.4) is 0 Å². The summed E-state index contributed by atoms with van der Waals surface area (Å²) in [5.74, 6) is -3.10. The molecular formula is C9H9F3N2O3S2. The molecule has 0 bridgehead atoms. The number of aromatic nitrogens is 1. The van der Waals surface area contributed by atoms with E-state index < -0.39 is 23.7 Å². The number of amides is 1. The van der Waals surface area contributed by atoms with Gasteiger partial charge in [0.2, 0.25) is 5.78 Å². The maximum atomic E-state index is 12.2. The number of hydrogen-bond donors (Lipinski definition) is 1. The zero-order chi connectivity index (χ0) is 14.6. The fourth-order valence-corrected chi connectivity index (χ4v) is 2.48. The third kappa shape index (κ3) is 4.18. The predicted molar refractivity (Wildman–Crippen MR) is 64.8 cm³/mol. The van der Waals surface area contributed by atoms with E-state index in [0.717, 1.165) is 23.1 Å². The Morgan fingerprint density at radius 3 is 2.58 bits per heavy atom. The number of rotatable bonds is 5. The second-order valence-corrected chi connectivity index (χ2v) is 5.22. The average molecular weight is 314 g/mol. The molecule has 106 valence electrons. The highest BCUT2D eigenvalue weighted by atomic mass is 32.2. The van der Waals surface area contributed by atoms with Gasteiger partial charge in [-0.15, -0.1) is 11.3 Å². The Morgan fingerprint density at radius 2 is 2.11 bits per heavy atom. The molecular weight excluding hydrogens is 305 g/mol. The third-order valence-corrected chi connectivity index (χ3v) is 3.88. The Kier molecular flexibility index (Phi) is 5.32. The van der Waals surface area contributed by atoms with Gasteiger partial charge in [-0.05, 0) is 6.26 Å². The zero-order valence-corrected chi connectivity index (χ0v) is 11.5. The molecule has 0 radical (unpaired) electrons. The van der Waals surface area contributed by atoms with Crippen molar-refractivity contribution < 1.29 is 27.5 Å². The van der Waals surface area contributed by atoms with E-state index in [4.69, 9.17) is 0 Å².